The van der Waals surface area contributed by atoms with E-state index < -0.39 is 6.04 Å². The van der Waals surface area contributed by atoms with Gasteiger partial charge in [0.25, 0.3) is 5.91 Å². The van der Waals surface area contributed by atoms with E-state index >= 15 is 0 Å². The molecule has 4 aromatic rings. The molecular weight excluding hydrogens is 490 g/mol. The van der Waals surface area contributed by atoms with Gasteiger partial charge in [0, 0.05) is 22.0 Å². The van der Waals surface area contributed by atoms with Gasteiger partial charge in [0.05, 0.1) is 12.7 Å². The Morgan fingerprint density at radius 2 is 1.86 bits per heavy atom. The molecule has 1 aliphatic heterocycles. The van der Waals surface area contributed by atoms with Crippen LogP contribution in [0, 0.1) is 6.92 Å². The lowest BCUT2D eigenvalue weighted by Gasteiger charge is -2.30. The van der Waals surface area contributed by atoms with E-state index in [4.69, 9.17) is 21.1 Å². The van der Waals surface area contributed by atoms with Gasteiger partial charge in [0.2, 0.25) is 5.95 Å². The third-order valence-electron chi connectivity index (χ3n) is 6.25. The van der Waals surface area contributed by atoms with Crippen LogP contribution in [-0.4, -0.2) is 27.8 Å². The van der Waals surface area contributed by atoms with Crippen molar-refractivity contribution in [2.75, 3.05) is 17.7 Å². The predicted octanol–water partition coefficient (Wildman–Crippen LogP) is 5.76. The van der Waals surface area contributed by atoms with Gasteiger partial charge in [-0.05, 0) is 49.2 Å². The summed E-state index contributed by atoms with van der Waals surface area (Å²) in [6.45, 7) is 4.09. The van der Waals surface area contributed by atoms with Gasteiger partial charge in [-0.2, -0.15) is 10.1 Å². The van der Waals surface area contributed by atoms with Crippen molar-refractivity contribution in [3.63, 3.8) is 0 Å². The van der Waals surface area contributed by atoms with Crippen molar-refractivity contribution in [1.82, 2.24) is 14.8 Å². The zero-order valence-electron chi connectivity index (χ0n) is 20.7. The van der Waals surface area contributed by atoms with Crippen molar-refractivity contribution in [3.05, 3.63) is 106 Å². The summed E-state index contributed by atoms with van der Waals surface area (Å²) >= 11 is 6.04. The third-order valence-corrected chi connectivity index (χ3v) is 6.50. The number of benzene rings is 3. The van der Waals surface area contributed by atoms with Crippen molar-refractivity contribution < 1.29 is 14.3 Å². The fraction of sp³-hybridized carbons (Fsp3) is 0.179. The van der Waals surface area contributed by atoms with Gasteiger partial charge in [0.1, 0.15) is 19.0 Å². The molecule has 1 aromatic heterocycles. The third kappa shape index (κ3) is 4.88. The molecule has 1 amide bonds. The summed E-state index contributed by atoms with van der Waals surface area (Å²) in [5.74, 6) is 1.34. The molecule has 2 heterocycles. The highest BCUT2D eigenvalue weighted by molar-refractivity contribution is 6.30. The number of halogens is 1. The highest BCUT2D eigenvalue weighted by Crippen LogP contribution is 2.43. The van der Waals surface area contributed by atoms with E-state index in [9.17, 15) is 4.79 Å². The average molecular weight is 516 g/mol. The SMILES string of the molecule is COc1cccc([C@H]2C(C(=O)Nc3ccccc3C)=C(C)Nc3ncnn32)c1OCc1ccc(Cl)cc1. The number of nitrogens with one attached hydrogen (secondary N) is 2. The number of rotatable bonds is 7. The first-order valence-electron chi connectivity index (χ1n) is 11.7. The highest BCUT2D eigenvalue weighted by Gasteiger charge is 2.36. The number of methoxy groups -OCH3 is 1. The number of para-hydroxylation sites is 2. The van der Waals surface area contributed by atoms with Crippen LogP contribution in [0.2, 0.25) is 5.02 Å². The lowest BCUT2D eigenvalue weighted by Crippen LogP contribution is -2.32. The molecule has 3 aromatic carbocycles. The first-order valence-corrected chi connectivity index (χ1v) is 12.1. The van der Waals surface area contributed by atoms with Crippen LogP contribution in [0.25, 0.3) is 0 Å². The number of aromatic nitrogens is 3. The Hall–Kier alpha value is -4.30. The van der Waals surface area contributed by atoms with Crippen LogP contribution < -0.4 is 20.1 Å². The molecule has 188 valence electrons. The van der Waals surface area contributed by atoms with Gasteiger partial charge in [-0.1, -0.05) is 54.1 Å². The molecule has 2 N–H and O–H groups in total. The smallest absolute Gasteiger partial charge is 0.255 e. The lowest BCUT2D eigenvalue weighted by atomic mass is 9.93. The Kier molecular flexibility index (Phi) is 6.83. The zero-order chi connectivity index (χ0) is 25.9. The number of allylic oxidation sites excluding steroid dienone is 1. The molecule has 37 heavy (non-hydrogen) atoms. The van der Waals surface area contributed by atoms with E-state index in [1.54, 1.807) is 11.8 Å². The summed E-state index contributed by atoms with van der Waals surface area (Å²) in [5.41, 5.74) is 4.52. The largest absolute Gasteiger partial charge is 0.493 e. The van der Waals surface area contributed by atoms with Crippen molar-refractivity contribution in [2.45, 2.75) is 26.5 Å². The van der Waals surface area contributed by atoms with E-state index in [1.165, 1.54) is 6.33 Å². The molecule has 1 aliphatic rings. The lowest BCUT2D eigenvalue weighted by molar-refractivity contribution is -0.113. The standard InChI is InChI=1S/C28H26ClN5O3/c1-17-7-4-5-9-22(17)33-27(35)24-18(2)32-28-30-16-31-34(28)25(24)21-8-6-10-23(36-3)26(21)37-15-19-11-13-20(29)14-12-19/h4-14,16,25H,15H2,1-3H3,(H,33,35)(H,30,31,32)/t25-/m0/s1. The Morgan fingerprint density at radius 3 is 2.62 bits per heavy atom. The minimum Gasteiger partial charge on any atom is -0.493 e. The molecule has 8 nitrogen and oxygen atoms in total. The van der Waals surface area contributed by atoms with Gasteiger partial charge < -0.3 is 20.1 Å². The molecule has 5 rings (SSSR count). The minimum absolute atomic E-state index is 0.253. The normalized spacial score (nSPS) is 14.5. The number of fused-ring (bicyclic) bond motifs is 1. The van der Waals surface area contributed by atoms with Gasteiger partial charge in [0.15, 0.2) is 11.5 Å². The molecule has 0 unspecified atom stereocenters. The van der Waals surface area contributed by atoms with E-state index in [0.29, 0.717) is 33.7 Å². The van der Waals surface area contributed by atoms with E-state index in [-0.39, 0.29) is 12.5 Å². The summed E-state index contributed by atoms with van der Waals surface area (Å²) in [6.07, 6.45) is 1.46. The van der Waals surface area contributed by atoms with Crippen LogP contribution >= 0.6 is 11.6 Å². The summed E-state index contributed by atoms with van der Waals surface area (Å²) in [7, 11) is 1.59. The number of carbonyl (C=O) groups is 1. The van der Waals surface area contributed by atoms with Crippen LogP contribution in [0.1, 0.15) is 29.7 Å². The molecule has 0 aliphatic carbocycles. The van der Waals surface area contributed by atoms with Crippen LogP contribution in [-0.2, 0) is 11.4 Å². The number of hydrogen-bond donors (Lipinski definition) is 2. The number of amides is 1. The number of anilines is 2. The molecule has 0 spiro atoms. The summed E-state index contributed by atoms with van der Waals surface area (Å²) < 4.78 is 13.7. The van der Waals surface area contributed by atoms with Gasteiger partial charge in [-0.25, -0.2) is 4.68 Å². The molecule has 1 atom stereocenters. The van der Waals surface area contributed by atoms with E-state index in [0.717, 1.165) is 22.4 Å². The summed E-state index contributed by atoms with van der Waals surface area (Å²) in [6, 6.07) is 20.1. The average Bonchev–Trinajstić information content (AvgIpc) is 3.36. The van der Waals surface area contributed by atoms with E-state index in [2.05, 4.69) is 20.7 Å². The Morgan fingerprint density at radius 1 is 1.08 bits per heavy atom. The quantitative estimate of drug-likeness (QED) is 0.325. The molecule has 0 saturated heterocycles. The number of hydrogen-bond acceptors (Lipinski definition) is 6. The van der Waals surface area contributed by atoms with Crippen molar-refractivity contribution in [3.8, 4) is 11.5 Å². The Balaban J connectivity index is 1.58. The topological polar surface area (TPSA) is 90.3 Å². The Bertz CT molecular complexity index is 1480. The van der Waals surface area contributed by atoms with Crippen LogP contribution in [0.5, 0.6) is 11.5 Å². The maximum atomic E-state index is 13.8. The monoisotopic (exact) mass is 515 g/mol. The molecule has 0 bridgehead atoms. The minimum atomic E-state index is -0.613. The fourth-order valence-corrected chi connectivity index (χ4v) is 4.50. The fourth-order valence-electron chi connectivity index (χ4n) is 4.37. The summed E-state index contributed by atoms with van der Waals surface area (Å²) in [4.78, 5) is 18.1. The van der Waals surface area contributed by atoms with Crippen LogP contribution in [0.4, 0.5) is 11.6 Å². The van der Waals surface area contributed by atoms with Gasteiger partial charge in [-0.15, -0.1) is 0 Å². The zero-order valence-corrected chi connectivity index (χ0v) is 21.4. The first-order chi connectivity index (χ1) is 18.0. The number of nitrogens with zero attached hydrogens (tertiary/aromatic N) is 3. The maximum Gasteiger partial charge on any atom is 0.255 e. The molecule has 0 fully saturated rings. The predicted molar refractivity (Wildman–Crippen MR) is 143 cm³/mol. The molecule has 0 radical (unpaired) electrons. The highest BCUT2D eigenvalue weighted by atomic mass is 35.5. The van der Waals surface area contributed by atoms with Gasteiger partial charge >= 0.3 is 0 Å². The van der Waals surface area contributed by atoms with Crippen molar-refractivity contribution >= 4 is 29.1 Å². The molecule has 0 saturated carbocycles. The molecular formula is C28H26ClN5O3. The number of carbonyl (C=O) groups excluding carboxylic acids is 1. The summed E-state index contributed by atoms with van der Waals surface area (Å²) in [5, 5.41) is 11.4. The first kappa shape index (κ1) is 24.4. The Labute approximate surface area is 219 Å². The second-order valence-corrected chi connectivity index (χ2v) is 9.09. The maximum absolute atomic E-state index is 13.8. The van der Waals surface area contributed by atoms with E-state index in [1.807, 2.05) is 80.6 Å². The van der Waals surface area contributed by atoms with Crippen LogP contribution in [0.15, 0.2) is 84.3 Å². The van der Waals surface area contributed by atoms with Crippen molar-refractivity contribution in [1.29, 1.82) is 0 Å². The van der Waals surface area contributed by atoms with Gasteiger partial charge in [-0.3, -0.25) is 4.79 Å². The number of ether oxygens (including phenoxy) is 2. The second kappa shape index (κ2) is 10.4. The second-order valence-electron chi connectivity index (χ2n) is 8.66. The molecule has 9 heteroatoms. The number of aryl methyl sites for hydroxylation is 1. The van der Waals surface area contributed by atoms with Crippen LogP contribution in [0.3, 0.4) is 0 Å². The van der Waals surface area contributed by atoms with Crippen molar-refractivity contribution in [2.24, 2.45) is 0 Å².